The molecular weight excluding hydrogens is 380 g/mol. The van der Waals surface area contributed by atoms with Gasteiger partial charge < -0.3 is 9.80 Å². The van der Waals surface area contributed by atoms with Gasteiger partial charge in [-0.15, -0.1) is 0 Å². The summed E-state index contributed by atoms with van der Waals surface area (Å²) >= 11 is 0. The molecular formula is C24H50N2O2S. The summed E-state index contributed by atoms with van der Waals surface area (Å²) in [7, 11) is -2.98. The lowest BCUT2D eigenvalue weighted by molar-refractivity contribution is 0.0930. The van der Waals surface area contributed by atoms with Crippen molar-refractivity contribution >= 4 is 9.84 Å². The minimum Gasteiger partial charge on any atom is -0.301 e. The molecule has 0 aromatic carbocycles. The van der Waals surface area contributed by atoms with Crippen LogP contribution < -0.4 is 0 Å². The molecule has 4 nitrogen and oxygen atoms in total. The molecule has 0 amide bonds. The van der Waals surface area contributed by atoms with Gasteiger partial charge in [-0.1, -0.05) is 20.8 Å². The molecule has 2 heterocycles. The van der Waals surface area contributed by atoms with Gasteiger partial charge in [0.05, 0.1) is 10.00 Å². The van der Waals surface area contributed by atoms with Gasteiger partial charge in [-0.3, -0.25) is 0 Å². The molecule has 0 unspecified atom stereocenters. The van der Waals surface area contributed by atoms with E-state index in [9.17, 15) is 8.42 Å². The van der Waals surface area contributed by atoms with Crippen LogP contribution in [0.4, 0.5) is 0 Å². The Labute approximate surface area is 182 Å². The van der Waals surface area contributed by atoms with Crippen molar-refractivity contribution in [2.24, 2.45) is 11.3 Å². The summed E-state index contributed by atoms with van der Waals surface area (Å²) in [4.78, 5) is 4.96. The van der Waals surface area contributed by atoms with E-state index in [4.69, 9.17) is 0 Å². The number of hydrogen-bond donors (Lipinski definition) is 0. The van der Waals surface area contributed by atoms with E-state index < -0.39 is 14.6 Å². The second kappa shape index (κ2) is 10.5. The van der Waals surface area contributed by atoms with E-state index in [1.807, 2.05) is 0 Å². The van der Waals surface area contributed by atoms with Gasteiger partial charge in [0.2, 0.25) is 0 Å². The molecule has 0 saturated carbocycles. The van der Waals surface area contributed by atoms with Crippen LogP contribution in [-0.2, 0) is 9.84 Å². The fraction of sp³-hybridized carbons (Fsp3) is 1.00. The number of piperidine rings is 2. The highest BCUT2D eigenvalue weighted by atomic mass is 32.2. The summed E-state index contributed by atoms with van der Waals surface area (Å²) in [5.41, 5.74) is 0.517. The number of hydrogen-bond acceptors (Lipinski definition) is 4. The lowest BCUT2D eigenvalue weighted by Crippen LogP contribution is -2.46. The van der Waals surface area contributed by atoms with Gasteiger partial charge in [0.25, 0.3) is 0 Å². The Kier molecular flexibility index (Phi) is 9.70. The zero-order valence-corrected chi connectivity index (χ0v) is 21.9. The highest BCUT2D eigenvalue weighted by molar-refractivity contribution is 7.93. The minimum atomic E-state index is -2.98. The Bertz CT molecular complexity index is 569. The summed E-state index contributed by atoms with van der Waals surface area (Å²) in [6, 6.07) is 1.26. The lowest BCUT2D eigenvalue weighted by atomic mass is 9.75. The Morgan fingerprint density at radius 2 is 1.03 bits per heavy atom. The molecule has 0 aliphatic carbocycles. The second-order valence-electron chi connectivity index (χ2n) is 11.8. The van der Waals surface area contributed by atoms with Gasteiger partial charge >= 0.3 is 0 Å². The van der Waals surface area contributed by atoms with Crippen molar-refractivity contribution in [1.29, 1.82) is 0 Å². The second-order valence-corrected chi connectivity index (χ2v) is 14.7. The predicted molar refractivity (Wildman–Crippen MR) is 127 cm³/mol. The Balaban J connectivity index is 0.000000296. The average Bonchev–Trinajstić information content (AvgIpc) is 2.60. The minimum absolute atomic E-state index is 0.137. The SMILES string of the molecule is CC(C)N1CCC(C(C)(C)C)CC1.CC(C)N1CCC(S(=O)(=O)C(C)(C)C)CC1. The molecule has 29 heavy (non-hydrogen) atoms. The standard InChI is InChI=1S/C12H25NO2S.C12H25N/c1-10(2)13-8-6-11(7-9-13)16(14,15)12(3,4)5;1-10(2)13-8-6-11(7-9-13)12(3,4)5/h10-11H,6-9H2,1-5H3;10-11H,6-9H2,1-5H3. The zero-order valence-electron chi connectivity index (χ0n) is 21.1. The molecule has 0 N–H and O–H groups in total. The first kappa shape index (κ1) is 26.9. The molecule has 5 heteroatoms. The maximum atomic E-state index is 12.3. The van der Waals surface area contributed by atoms with Gasteiger partial charge in [0.15, 0.2) is 9.84 Å². The van der Waals surface area contributed by atoms with Crippen molar-refractivity contribution < 1.29 is 8.42 Å². The first-order valence-corrected chi connectivity index (χ1v) is 13.3. The van der Waals surface area contributed by atoms with Crippen LogP contribution in [0.15, 0.2) is 0 Å². The fourth-order valence-electron chi connectivity index (χ4n) is 4.48. The summed E-state index contributed by atoms with van der Waals surface area (Å²) in [5.74, 6) is 0.933. The lowest BCUT2D eigenvalue weighted by Gasteiger charge is -2.40. The van der Waals surface area contributed by atoms with Gasteiger partial charge in [-0.25, -0.2) is 8.42 Å². The molecule has 0 radical (unpaired) electrons. The fourth-order valence-corrected chi connectivity index (χ4v) is 6.32. The Morgan fingerprint density at radius 3 is 1.31 bits per heavy atom. The molecule has 2 rings (SSSR count). The number of likely N-dealkylation sites (tertiary alicyclic amines) is 2. The third kappa shape index (κ3) is 7.81. The zero-order chi connectivity index (χ0) is 22.6. The molecule has 0 aromatic rings. The molecule has 0 spiro atoms. The summed E-state index contributed by atoms with van der Waals surface area (Å²) in [6.07, 6.45) is 4.36. The summed E-state index contributed by atoms with van der Waals surface area (Å²) < 4.78 is 23.9. The Morgan fingerprint density at radius 1 is 0.690 bits per heavy atom. The largest absolute Gasteiger partial charge is 0.301 e. The number of sulfone groups is 1. The molecule has 2 aliphatic heterocycles. The van der Waals surface area contributed by atoms with E-state index in [1.54, 1.807) is 20.8 Å². The van der Waals surface area contributed by atoms with Crippen LogP contribution in [0.1, 0.15) is 94.9 Å². The molecule has 0 aromatic heterocycles. The normalized spacial score (nSPS) is 22.1. The average molecular weight is 431 g/mol. The highest BCUT2D eigenvalue weighted by Gasteiger charge is 2.38. The van der Waals surface area contributed by atoms with Crippen molar-refractivity contribution in [1.82, 2.24) is 9.80 Å². The van der Waals surface area contributed by atoms with Gasteiger partial charge in [-0.2, -0.15) is 0 Å². The molecule has 2 saturated heterocycles. The van der Waals surface area contributed by atoms with Crippen LogP contribution in [0.2, 0.25) is 0 Å². The molecule has 2 fully saturated rings. The van der Waals surface area contributed by atoms with Crippen molar-refractivity contribution in [2.45, 2.75) is 117 Å². The first-order valence-electron chi connectivity index (χ1n) is 11.8. The highest BCUT2D eigenvalue weighted by Crippen LogP contribution is 2.34. The van der Waals surface area contributed by atoms with Crippen molar-refractivity contribution in [3.05, 3.63) is 0 Å². The Hall–Kier alpha value is -0.130. The molecule has 0 atom stereocenters. The van der Waals surface area contributed by atoms with Crippen molar-refractivity contribution in [3.63, 3.8) is 0 Å². The summed E-state index contributed by atoms with van der Waals surface area (Å²) in [6.45, 7) is 25.9. The smallest absolute Gasteiger partial charge is 0.158 e. The van der Waals surface area contributed by atoms with E-state index in [1.165, 1.54) is 25.9 Å². The quantitative estimate of drug-likeness (QED) is 0.615. The van der Waals surface area contributed by atoms with Gasteiger partial charge in [0.1, 0.15) is 0 Å². The molecule has 2 aliphatic rings. The summed E-state index contributed by atoms with van der Waals surface area (Å²) in [5, 5.41) is -0.137. The van der Waals surface area contributed by atoms with E-state index in [0.29, 0.717) is 11.5 Å². The molecule has 0 bridgehead atoms. The number of nitrogens with zero attached hydrogens (tertiary/aromatic N) is 2. The van der Waals surface area contributed by atoms with Crippen LogP contribution >= 0.6 is 0 Å². The van der Waals surface area contributed by atoms with Crippen LogP contribution in [0.5, 0.6) is 0 Å². The van der Waals surface area contributed by atoms with Crippen LogP contribution in [-0.4, -0.2) is 66.5 Å². The van der Waals surface area contributed by atoms with Crippen LogP contribution in [0, 0.1) is 11.3 Å². The van der Waals surface area contributed by atoms with E-state index in [0.717, 1.165) is 37.9 Å². The maximum Gasteiger partial charge on any atom is 0.158 e. The van der Waals surface area contributed by atoms with Crippen LogP contribution in [0.3, 0.4) is 0 Å². The van der Waals surface area contributed by atoms with Gasteiger partial charge in [-0.05, 0) is 112 Å². The van der Waals surface area contributed by atoms with Crippen LogP contribution in [0.25, 0.3) is 0 Å². The van der Waals surface area contributed by atoms with E-state index >= 15 is 0 Å². The third-order valence-corrected chi connectivity index (χ3v) is 10.0. The van der Waals surface area contributed by atoms with Crippen molar-refractivity contribution in [3.8, 4) is 0 Å². The topological polar surface area (TPSA) is 40.6 Å². The van der Waals surface area contributed by atoms with Gasteiger partial charge in [0, 0.05) is 12.1 Å². The monoisotopic (exact) mass is 430 g/mol. The first-order chi connectivity index (χ1) is 13.1. The van der Waals surface area contributed by atoms with E-state index in [-0.39, 0.29) is 5.25 Å². The third-order valence-electron chi connectivity index (χ3n) is 6.98. The predicted octanol–water partition coefficient (Wildman–Crippen LogP) is 5.23. The maximum absolute atomic E-state index is 12.3. The number of rotatable bonds is 3. The van der Waals surface area contributed by atoms with E-state index in [2.05, 4.69) is 58.3 Å². The molecule has 174 valence electrons. The van der Waals surface area contributed by atoms with Crippen molar-refractivity contribution in [2.75, 3.05) is 26.2 Å².